The Morgan fingerprint density at radius 3 is 2.95 bits per heavy atom. The minimum atomic E-state index is 0.0674. The fourth-order valence-corrected chi connectivity index (χ4v) is 3.71. The lowest BCUT2D eigenvalue weighted by molar-refractivity contribution is -0.705. The molecular formula is C18H20N3O+. The number of aromatic amines is 1. The lowest BCUT2D eigenvalue weighted by Crippen LogP contribution is -2.42. The first-order chi connectivity index (χ1) is 10.7. The lowest BCUT2D eigenvalue weighted by atomic mass is 9.85. The highest BCUT2D eigenvalue weighted by molar-refractivity contribution is 6.11. The van der Waals surface area contributed by atoms with Crippen LogP contribution in [0.4, 0.5) is 0 Å². The number of rotatable bonds is 2. The Bertz CT molecular complexity index is 872. The number of nitrogens with one attached hydrogen (secondary N) is 1. The van der Waals surface area contributed by atoms with Gasteiger partial charge in [-0.2, -0.15) is 0 Å². The highest BCUT2D eigenvalue weighted by Gasteiger charge is 2.33. The van der Waals surface area contributed by atoms with Crippen molar-refractivity contribution in [1.82, 2.24) is 9.55 Å². The predicted molar refractivity (Wildman–Crippen MR) is 84.8 cm³/mol. The fourth-order valence-electron chi connectivity index (χ4n) is 3.71. The third kappa shape index (κ3) is 1.83. The molecule has 2 heterocycles. The van der Waals surface area contributed by atoms with E-state index in [4.69, 9.17) is 0 Å². The number of nitrogens with zero attached hydrogens (tertiary/aromatic N) is 2. The fraction of sp³-hybridized carbons (Fsp3) is 0.333. The minimum Gasteiger partial charge on any atom is -0.347 e. The van der Waals surface area contributed by atoms with Crippen molar-refractivity contribution in [3.63, 3.8) is 0 Å². The molecule has 0 radical (unpaired) electrons. The molecule has 1 aliphatic carbocycles. The summed E-state index contributed by atoms with van der Waals surface area (Å²) in [5, 5.41) is 1.10. The molecule has 1 aromatic carbocycles. The summed E-state index contributed by atoms with van der Waals surface area (Å²) in [5.41, 5.74) is 3.30. The molecule has 1 aliphatic rings. The van der Waals surface area contributed by atoms with Gasteiger partial charge in [-0.1, -0.05) is 18.2 Å². The van der Waals surface area contributed by atoms with E-state index < -0.39 is 0 Å². The van der Waals surface area contributed by atoms with Gasteiger partial charge in [0.15, 0.2) is 5.78 Å². The van der Waals surface area contributed by atoms with Crippen molar-refractivity contribution in [2.24, 2.45) is 13.0 Å². The standard InChI is InChI=1S/C18H19N3O/c1-12-19-9-10-21(12)11-13-7-8-16-17(18(13)22)14-5-3-4-6-15(14)20(16)2/h3-6,9-10,13H,7-8,11H2,1-2H3/p+1/t13-/m1/s1. The molecule has 0 aliphatic heterocycles. The van der Waals surface area contributed by atoms with Crippen molar-refractivity contribution in [1.29, 1.82) is 0 Å². The third-order valence-electron chi connectivity index (χ3n) is 4.97. The maximum Gasteiger partial charge on any atom is 0.251 e. The molecule has 112 valence electrons. The summed E-state index contributed by atoms with van der Waals surface area (Å²) in [6, 6.07) is 8.23. The molecule has 0 amide bonds. The number of Topliss-reactive ketones (excluding diaryl/α,β-unsaturated/α-hetero) is 1. The number of benzene rings is 1. The zero-order valence-corrected chi connectivity index (χ0v) is 13.0. The third-order valence-corrected chi connectivity index (χ3v) is 4.97. The van der Waals surface area contributed by atoms with Gasteiger partial charge in [0.1, 0.15) is 18.9 Å². The predicted octanol–water partition coefficient (Wildman–Crippen LogP) is 2.55. The first kappa shape index (κ1) is 13.3. The van der Waals surface area contributed by atoms with E-state index in [2.05, 4.69) is 33.3 Å². The Morgan fingerprint density at radius 2 is 2.18 bits per heavy atom. The van der Waals surface area contributed by atoms with Crippen LogP contribution in [0.2, 0.25) is 0 Å². The van der Waals surface area contributed by atoms with Crippen molar-refractivity contribution < 1.29 is 9.36 Å². The Morgan fingerprint density at radius 1 is 1.36 bits per heavy atom. The van der Waals surface area contributed by atoms with E-state index in [0.717, 1.165) is 41.7 Å². The Balaban J connectivity index is 1.77. The maximum atomic E-state index is 13.0. The normalized spacial score (nSPS) is 17.9. The van der Waals surface area contributed by atoms with Gasteiger partial charge >= 0.3 is 0 Å². The van der Waals surface area contributed by atoms with E-state index in [-0.39, 0.29) is 5.92 Å². The van der Waals surface area contributed by atoms with E-state index in [0.29, 0.717) is 5.78 Å². The molecule has 0 spiro atoms. The largest absolute Gasteiger partial charge is 0.347 e. The lowest BCUT2D eigenvalue weighted by Gasteiger charge is -2.21. The number of ketones is 1. The number of imidazole rings is 1. The number of aryl methyl sites for hydroxylation is 2. The van der Waals surface area contributed by atoms with Crippen molar-refractivity contribution >= 4 is 16.7 Å². The van der Waals surface area contributed by atoms with E-state index in [1.807, 2.05) is 31.5 Å². The summed E-state index contributed by atoms with van der Waals surface area (Å²) < 4.78 is 4.33. The summed E-state index contributed by atoms with van der Waals surface area (Å²) in [6.45, 7) is 2.80. The molecule has 0 saturated carbocycles. The van der Waals surface area contributed by atoms with E-state index in [9.17, 15) is 4.79 Å². The highest BCUT2D eigenvalue weighted by Crippen LogP contribution is 2.33. The summed E-state index contributed by atoms with van der Waals surface area (Å²) in [7, 11) is 2.07. The van der Waals surface area contributed by atoms with Gasteiger partial charge in [-0.15, -0.1) is 0 Å². The monoisotopic (exact) mass is 294 g/mol. The molecule has 1 atom stereocenters. The molecule has 2 aromatic heterocycles. The van der Waals surface area contributed by atoms with Gasteiger partial charge < -0.3 is 4.57 Å². The van der Waals surface area contributed by atoms with Crippen molar-refractivity contribution in [3.8, 4) is 0 Å². The summed E-state index contributed by atoms with van der Waals surface area (Å²) in [5.74, 6) is 1.46. The quantitative estimate of drug-likeness (QED) is 0.725. The van der Waals surface area contributed by atoms with Crippen LogP contribution in [0, 0.1) is 12.8 Å². The number of hydrogen-bond donors (Lipinski definition) is 1. The van der Waals surface area contributed by atoms with Gasteiger partial charge in [-0.25, -0.2) is 9.55 Å². The SMILES string of the molecule is Cc1[nH]cc[n+]1C[C@H]1CCc2c(c3ccccc3n2C)C1=O. The van der Waals surface area contributed by atoms with Crippen LogP contribution < -0.4 is 4.57 Å². The van der Waals surface area contributed by atoms with Crippen molar-refractivity contribution in [3.05, 3.63) is 53.7 Å². The number of carbonyl (C=O) groups excluding carboxylic acids is 1. The average Bonchev–Trinajstić information content (AvgIpc) is 3.05. The van der Waals surface area contributed by atoms with Crippen LogP contribution in [0.1, 0.15) is 28.3 Å². The van der Waals surface area contributed by atoms with E-state index >= 15 is 0 Å². The van der Waals surface area contributed by atoms with Crippen LogP contribution in [0.25, 0.3) is 10.9 Å². The Kier molecular flexibility index (Phi) is 2.93. The van der Waals surface area contributed by atoms with Gasteiger partial charge in [0.2, 0.25) is 0 Å². The topological polar surface area (TPSA) is 41.7 Å². The molecule has 0 bridgehead atoms. The molecule has 4 heteroatoms. The van der Waals surface area contributed by atoms with Gasteiger partial charge in [-0.05, 0) is 18.9 Å². The Hall–Kier alpha value is -2.36. The summed E-state index contributed by atoms with van der Waals surface area (Å²) >= 11 is 0. The zero-order chi connectivity index (χ0) is 15.3. The Labute approximate surface area is 129 Å². The van der Waals surface area contributed by atoms with Gasteiger partial charge in [-0.3, -0.25) is 4.79 Å². The molecule has 1 N–H and O–H groups in total. The highest BCUT2D eigenvalue weighted by atomic mass is 16.1. The summed E-state index contributed by atoms with van der Waals surface area (Å²) in [6.07, 6.45) is 5.84. The number of para-hydroxylation sites is 1. The van der Waals surface area contributed by atoms with Crippen LogP contribution in [-0.2, 0) is 20.0 Å². The number of fused-ring (bicyclic) bond motifs is 3. The molecule has 3 aromatic rings. The van der Waals surface area contributed by atoms with Gasteiger partial charge in [0, 0.05) is 36.1 Å². The number of hydrogen-bond acceptors (Lipinski definition) is 1. The van der Waals surface area contributed by atoms with Gasteiger partial charge in [0.05, 0.1) is 5.92 Å². The smallest absolute Gasteiger partial charge is 0.251 e. The molecule has 0 unspecified atom stereocenters. The van der Waals surface area contributed by atoms with Crippen LogP contribution in [0.15, 0.2) is 36.7 Å². The van der Waals surface area contributed by atoms with Gasteiger partial charge in [0.25, 0.3) is 5.82 Å². The average molecular weight is 294 g/mol. The number of H-pyrrole nitrogens is 1. The first-order valence-corrected chi connectivity index (χ1v) is 7.80. The summed E-state index contributed by atoms with van der Waals surface area (Å²) in [4.78, 5) is 16.2. The number of aromatic nitrogens is 3. The molecule has 0 fully saturated rings. The molecule has 0 saturated heterocycles. The molecular weight excluding hydrogens is 274 g/mol. The van der Waals surface area contributed by atoms with Crippen LogP contribution in [0.3, 0.4) is 0 Å². The van der Waals surface area contributed by atoms with Crippen molar-refractivity contribution in [2.75, 3.05) is 0 Å². The second kappa shape index (κ2) is 4.83. The molecule has 4 rings (SSSR count). The molecule has 4 nitrogen and oxygen atoms in total. The second-order valence-electron chi connectivity index (χ2n) is 6.20. The van der Waals surface area contributed by atoms with E-state index in [1.54, 1.807) is 0 Å². The molecule has 22 heavy (non-hydrogen) atoms. The van der Waals surface area contributed by atoms with E-state index in [1.165, 1.54) is 5.69 Å². The van der Waals surface area contributed by atoms with Crippen LogP contribution in [-0.4, -0.2) is 15.3 Å². The van der Waals surface area contributed by atoms with Crippen LogP contribution >= 0.6 is 0 Å². The zero-order valence-electron chi connectivity index (χ0n) is 13.0. The van der Waals surface area contributed by atoms with Crippen molar-refractivity contribution in [2.45, 2.75) is 26.3 Å². The first-order valence-electron chi connectivity index (χ1n) is 7.80. The number of carbonyl (C=O) groups is 1. The maximum absolute atomic E-state index is 13.0. The minimum absolute atomic E-state index is 0.0674. The second-order valence-corrected chi connectivity index (χ2v) is 6.20. The van der Waals surface area contributed by atoms with Crippen LogP contribution in [0.5, 0.6) is 0 Å².